The Kier molecular flexibility index (Phi) is 3.27. The van der Waals surface area contributed by atoms with E-state index in [2.05, 4.69) is 5.10 Å². The van der Waals surface area contributed by atoms with Gasteiger partial charge < -0.3 is 0 Å². The lowest BCUT2D eigenvalue weighted by Gasteiger charge is -2.34. The molecule has 0 saturated heterocycles. The van der Waals surface area contributed by atoms with Crippen LogP contribution in [0.15, 0.2) is 6.20 Å². The molecule has 0 aliphatic heterocycles. The van der Waals surface area contributed by atoms with Gasteiger partial charge in [-0.1, -0.05) is 24.4 Å². The lowest BCUT2D eigenvalue weighted by molar-refractivity contribution is 0.0683. The molecule has 0 radical (unpaired) electrons. The van der Waals surface area contributed by atoms with Gasteiger partial charge in [-0.3, -0.25) is 14.4 Å². The van der Waals surface area contributed by atoms with Crippen LogP contribution < -0.4 is 0 Å². The Hall–Kier alpha value is -0.870. The molecule has 0 unspecified atom stereocenters. The highest BCUT2D eigenvalue weighted by Gasteiger charge is 2.45. The fourth-order valence-corrected chi connectivity index (χ4v) is 2.98. The van der Waals surface area contributed by atoms with Crippen molar-refractivity contribution in [3.05, 3.63) is 16.9 Å². The Morgan fingerprint density at radius 1 is 1.47 bits per heavy atom. The first-order valence-electron chi connectivity index (χ1n) is 5.89. The van der Waals surface area contributed by atoms with Gasteiger partial charge in [0.1, 0.15) is 5.69 Å². The maximum Gasteiger partial charge on any atom is 0.202 e. The molecule has 0 atom stereocenters. The van der Waals surface area contributed by atoms with E-state index in [0.717, 1.165) is 25.7 Å². The second kappa shape index (κ2) is 4.42. The second-order valence-electron chi connectivity index (χ2n) is 4.93. The van der Waals surface area contributed by atoms with E-state index < -0.39 is 5.54 Å². The van der Waals surface area contributed by atoms with Gasteiger partial charge >= 0.3 is 0 Å². The molecule has 0 N–H and O–H groups in total. The van der Waals surface area contributed by atoms with Crippen LogP contribution in [-0.4, -0.2) is 40.1 Å². The standard InChI is InChI=1S/C12H18ClN3O/c1-15(2)12(6-4-5-7-12)11(17)10-9(13)8-14-16(10)3/h8H,4-7H2,1-3H3. The summed E-state index contributed by atoms with van der Waals surface area (Å²) in [6.45, 7) is 0. The van der Waals surface area contributed by atoms with Gasteiger partial charge in [0, 0.05) is 7.05 Å². The summed E-state index contributed by atoms with van der Waals surface area (Å²) in [7, 11) is 5.69. The summed E-state index contributed by atoms with van der Waals surface area (Å²) < 4.78 is 1.58. The first-order valence-corrected chi connectivity index (χ1v) is 6.26. The highest BCUT2D eigenvalue weighted by atomic mass is 35.5. The largest absolute Gasteiger partial charge is 0.297 e. The molecule has 1 aliphatic carbocycles. The predicted molar refractivity (Wildman–Crippen MR) is 67.4 cm³/mol. The van der Waals surface area contributed by atoms with Crippen LogP contribution >= 0.6 is 11.6 Å². The molecule has 1 fully saturated rings. The first kappa shape index (κ1) is 12.6. The van der Waals surface area contributed by atoms with Crippen molar-refractivity contribution in [1.29, 1.82) is 0 Å². The van der Waals surface area contributed by atoms with Crippen LogP contribution in [0.5, 0.6) is 0 Å². The third-order valence-corrected chi connectivity index (χ3v) is 4.10. The van der Waals surface area contributed by atoms with Crippen molar-refractivity contribution in [1.82, 2.24) is 14.7 Å². The molecule has 0 spiro atoms. The molecule has 5 heteroatoms. The third kappa shape index (κ3) is 1.89. The van der Waals surface area contributed by atoms with Gasteiger partial charge in [0.05, 0.1) is 16.8 Å². The third-order valence-electron chi connectivity index (χ3n) is 3.82. The number of likely N-dealkylation sites (N-methyl/N-ethyl adjacent to an activating group) is 1. The van der Waals surface area contributed by atoms with Gasteiger partial charge in [-0.2, -0.15) is 5.10 Å². The molecule has 17 heavy (non-hydrogen) atoms. The molecule has 2 rings (SSSR count). The Balaban J connectivity index is 2.42. The smallest absolute Gasteiger partial charge is 0.202 e. The van der Waals surface area contributed by atoms with Crippen molar-refractivity contribution in [3.63, 3.8) is 0 Å². The van der Waals surface area contributed by atoms with E-state index in [1.807, 2.05) is 19.0 Å². The van der Waals surface area contributed by atoms with Crippen molar-refractivity contribution >= 4 is 17.4 Å². The topological polar surface area (TPSA) is 38.1 Å². The van der Waals surface area contributed by atoms with Crippen molar-refractivity contribution in [2.45, 2.75) is 31.2 Å². The van der Waals surface area contributed by atoms with Gasteiger partial charge in [-0.15, -0.1) is 0 Å². The minimum absolute atomic E-state index is 0.102. The number of halogens is 1. The zero-order valence-electron chi connectivity index (χ0n) is 10.5. The average Bonchev–Trinajstić information content (AvgIpc) is 2.86. The maximum atomic E-state index is 12.7. The fraction of sp³-hybridized carbons (Fsp3) is 0.667. The van der Waals surface area contributed by atoms with Crippen LogP contribution in [0.2, 0.25) is 5.02 Å². The van der Waals surface area contributed by atoms with Gasteiger partial charge in [0.2, 0.25) is 5.78 Å². The van der Waals surface area contributed by atoms with E-state index in [1.54, 1.807) is 11.7 Å². The number of Topliss-reactive ketones (excluding diaryl/α,β-unsaturated/α-hetero) is 1. The molecular weight excluding hydrogens is 238 g/mol. The first-order chi connectivity index (χ1) is 7.99. The van der Waals surface area contributed by atoms with E-state index in [9.17, 15) is 4.79 Å². The van der Waals surface area contributed by atoms with Crippen molar-refractivity contribution < 1.29 is 4.79 Å². The van der Waals surface area contributed by atoms with Crippen molar-refractivity contribution in [3.8, 4) is 0 Å². The molecule has 1 aromatic heterocycles. The summed E-state index contributed by atoms with van der Waals surface area (Å²) in [4.78, 5) is 14.8. The summed E-state index contributed by atoms with van der Waals surface area (Å²) in [5.41, 5.74) is 0.138. The number of rotatable bonds is 3. The number of hydrogen-bond donors (Lipinski definition) is 0. The average molecular weight is 256 g/mol. The summed E-state index contributed by atoms with van der Waals surface area (Å²) in [5.74, 6) is 0.102. The number of carbonyl (C=O) groups is 1. The van der Waals surface area contributed by atoms with Crippen LogP contribution in [0.4, 0.5) is 0 Å². The molecule has 1 aromatic rings. The SMILES string of the molecule is CN(C)C1(C(=O)c2c(Cl)cnn2C)CCCC1. The molecule has 0 bridgehead atoms. The summed E-state index contributed by atoms with van der Waals surface area (Å²) in [5, 5.41) is 4.49. The number of carbonyl (C=O) groups excluding carboxylic acids is 1. The number of aryl methyl sites for hydroxylation is 1. The van der Waals surface area contributed by atoms with E-state index in [-0.39, 0.29) is 5.78 Å². The quantitative estimate of drug-likeness (QED) is 0.777. The van der Waals surface area contributed by atoms with Gasteiger partial charge in [-0.05, 0) is 26.9 Å². The normalized spacial score (nSPS) is 18.9. The lowest BCUT2D eigenvalue weighted by atomic mass is 9.88. The zero-order valence-corrected chi connectivity index (χ0v) is 11.3. The monoisotopic (exact) mass is 255 g/mol. The molecule has 1 heterocycles. The molecule has 1 aliphatic rings. The summed E-state index contributed by atoms with van der Waals surface area (Å²) in [6, 6.07) is 0. The van der Waals surface area contributed by atoms with Gasteiger partial charge in [0.25, 0.3) is 0 Å². The Morgan fingerprint density at radius 2 is 2.06 bits per heavy atom. The maximum absolute atomic E-state index is 12.7. The number of ketones is 1. The predicted octanol–water partition coefficient (Wildman–Crippen LogP) is 2.13. The van der Waals surface area contributed by atoms with Crippen LogP contribution in [0.3, 0.4) is 0 Å². The zero-order chi connectivity index (χ0) is 12.6. The van der Waals surface area contributed by atoms with Crippen LogP contribution in [-0.2, 0) is 7.05 Å². The fourth-order valence-electron chi connectivity index (χ4n) is 2.72. The molecule has 94 valence electrons. The minimum atomic E-state index is -0.391. The van der Waals surface area contributed by atoms with Crippen LogP contribution in [0.25, 0.3) is 0 Å². The van der Waals surface area contributed by atoms with Gasteiger partial charge in [0.15, 0.2) is 0 Å². The van der Waals surface area contributed by atoms with Crippen LogP contribution in [0, 0.1) is 0 Å². The summed E-state index contributed by atoms with van der Waals surface area (Å²) >= 11 is 6.06. The van der Waals surface area contributed by atoms with E-state index in [1.165, 1.54) is 6.20 Å². The van der Waals surface area contributed by atoms with Crippen LogP contribution in [0.1, 0.15) is 36.2 Å². The molecular formula is C12H18ClN3O. The number of nitrogens with zero attached hydrogens (tertiary/aromatic N) is 3. The lowest BCUT2D eigenvalue weighted by Crippen LogP contribution is -2.49. The molecule has 0 amide bonds. The van der Waals surface area contributed by atoms with E-state index in [0.29, 0.717) is 10.7 Å². The Labute approximate surface area is 107 Å². The number of aromatic nitrogens is 2. The van der Waals surface area contributed by atoms with Gasteiger partial charge in [-0.25, -0.2) is 0 Å². The summed E-state index contributed by atoms with van der Waals surface area (Å²) in [6.07, 6.45) is 5.53. The highest BCUT2D eigenvalue weighted by molar-refractivity contribution is 6.34. The second-order valence-corrected chi connectivity index (χ2v) is 5.33. The molecule has 1 saturated carbocycles. The Bertz CT molecular complexity index is 413. The highest BCUT2D eigenvalue weighted by Crippen LogP contribution is 2.37. The minimum Gasteiger partial charge on any atom is -0.297 e. The van der Waals surface area contributed by atoms with E-state index in [4.69, 9.17) is 11.6 Å². The molecule has 0 aromatic carbocycles. The number of hydrogen-bond acceptors (Lipinski definition) is 3. The molecule has 4 nitrogen and oxygen atoms in total. The van der Waals surface area contributed by atoms with Crippen molar-refractivity contribution in [2.24, 2.45) is 7.05 Å². The Morgan fingerprint density at radius 3 is 2.47 bits per heavy atom. The van der Waals surface area contributed by atoms with Crippen molar-refractivity contribution in [2.75, 3.05) is 14.1 Å². The van der Waals surface area contributed by atoms with E-state index >= 15 is 0 Å².